The summed E-state index contributed by atoms with van der Waals surface area (Å²) in [5, 5.41) is 13.2. The van der Waals surface area contributed by atoms with E-state index >= 15 is 0 Å². The molecule has 158 valence electrons. The molecule has 7 heteroatoms. The van der Waals surface area contributed by atoms with Crippen LogP contribution in [0.4, 0.5) is 18.9 Å². The number of fused-ring (bicyclic) bond motifs is 1. The van der Waals surface area contributed by atoms with Crippen LogP contribution in [0.1, 0.15) is 58.9 Å². The fourth-order valence-electron chi connectivity index (χ4n) is 4.17. The Kier molecular flexibility index (Phi) is 5.73. The van der Waals surface area contributed by atoms with Crippen molar-refractivity contribution in [3.8, 4) is 0 Å². The van der Waals surface area contributed by atoms with Crippen LogP contribution >= 0.6 is 11.3 Å². The molecule has 1 aliphatic rings. The normalized spacial score (nSPS) is 16.5. The summed E-state index contributed by atoms with van der Waals surface area (Å²) in [4.78, 5) is 12.1. The average molecular weight is 433 g/mol. The molecule has 1 heterocycles. The van der Waals surface area contributed by atoms with Crippen molar-refractivity contribution in [2.45, 2.75) is 44.3 Å². The first kappa shape index (κ1) is 20.7. The van der Waals surface area contributed by atoms with Gasteiger partial charge in [-0.15, -0.1) is 11.3 Å². The fraction of sp³-hybridized carbons (Fsp3) is 0.348. The largest absolute Gasteiger partial charge is 0.478 e. The van der Waals surface area contributed by atoms with Gasteiger partial charge in [-0.3, -0.25) is 0 Å². The number of benzene rings is 2. The van der Waals surface area contributed by atoms with Gasteiger partial charge in [0.1, 0.15) is 0 Å². The maximum atomic E-state index is 13.1. The lowest BCUT2D eigenvalue weighted by Gasteiger charge is -2.31. The van der Waals surface area contributed by atoms with Crippen molar-refractivity contribution in [1.82, 2.24) is 0 Å². The van der Waals surface area contributed by atoms with Gasteiger partial charge in [-0.1, -0.05) is 19.3 Å². The molecule has 1 aromatic heterocycles. The number of carboxylic acid groups (broad SMARTS) is 1. The molecule has 1 saturated carbocycles. The van der Waals surface area contributed by atoms with Crippen molar-refractivity contribution >= 4 is 33.1 Å². The number of carbonyl (C=O) groups is 1. The van der Waals surface area contributed by atoms with Crippen LogP contribution in [0.15, 0.2) is 48.5 Å². The Bertz CT molecular complexity index is 1040. The summed E-state index contributed by atoms with van der Waals surface area (Å²) in [6.07, 6.45) is 1.26. The van der Waals surface area contributed by atoms with E-state index in [9.17, 15) is 18.0 Å². The first-order valence-electron chi connectivity index (χ1n) is 10.0. The standard InChI is InChI=1S/C23H22F3NO2S/c24-23(25,26)17-8-11-19-16(12-17)13-20(30-19)21(14-4-2-1-3-5-14)27-18-9-6-15(7-10-18)22(28)29/h6-14,21,27H,1-5H2,(H,28,29). The maximum absolute atomic E-state index is 13.1. The Morgan fingerprint density at radius 1 is 1.03 bits per heavy atom. The van der Waals surface area contributed by atoms with Crippen LogP contribution in [0.25, 0.3) is 10.1 Å². The molecular weight excluding hydrogens is 411 g/mol. The van der Waals surface area contributed by atoms with E-state index in [-0.39, 0.29) is 11.6 Å². The van der Waals surface area contributed by atoms with Crippen LogP contribution in [0.3, 0.4) is 0 Å². The minimum Gasteiger partial charge on any atom is -0.478 e. The molecule has 1 aliphatic carbocycles. The molecule has 30 heavy (non-hydrogen) atoms. The van der Waals surface area contributed by atoms with E-state index in [1.807, 2.05) is 6.07 Å². The fourth-order valence-corrected chi connectivity index (χ4v) is 5.36. The summed E-state index contributed by atoms with van der Waals surface area (Å²) in [7, 11) is 0. The van der Waals surface area contributed by atoms with Gasteiger partial charge in [0.2, 0.25) is 0 Å². The zero-order valence-corrected chi connectivity index (χ0v) is 17.0. The van der Waals surface area contributed by atoms with Gasteiger partial charge in [0.25, 0.3) is 0 Å². The second kappa shape index (κ2) is 8.30. The second-order valence-electron chi connectivity index (χ2n) is 7.80. The molecule has 3 aromatic rings. The highest BCUT2D eigenvalue weighted by molar-refractivity contribution is 7.19. The van der Waals surface area contributed by atoms with E-state index in [4.69, 9.17) is 5.11 Å². The number of thiophene rings is 1. The number of carboxylic acids is 1. The average Bonchev–Trinajstić information content (AvgIpc) is 3.15. The molecule has 0 saturated heterocycles. The van der Waals surface area contributed by atoms with Gasteiger partial charge in [-0.05, 0) is 72.7 Å². The number of rotatable bonds is 5. The number of alkyl halides is 3. The molecule has 2 N–H and O–H groups in total. The van der Waals surface area contributed by atoms with Crippen LogP contribution in [0.2, 0.25) is 0 Å². The van der Waals surface area contributed by atoms with E-state index in [1.165, 1.54) is 23.8 Å². The minimum absolute atomic E-state index is 0.0206. The summed E-state index contributed by atoms with van der Waals surface area (Å²) in [5.74, 6) is -0.594. The zero-order valence-electron chi connectivity index (χ0n) is 16.2. The molecule has 0 bridgehead atoms. The van der Waals surface area contributed by atoms with Gasteiger partial charge < -0.3 is 10.4 Å². The van der Waals surface area contributed by atoms with E-state index in [0.717, 1.165) is 47.0 Å². The highest BCUT2D eigenvalue weighted by Crippen LogP contribution is 2.42. The molecule has 1 fully saturated rings. The molecule has 2 aromatic carbocycles. The number of halogens is 3. The predicted octanol–water partition coefficient (Wildman–Crippen LogP) is 7.35. The first-order valence-corrected chi connectivity index (χ1v) is 10.8. The number of nitrogens with one attached hydrogen (secondary N) is 1. The topological polar surface area (TPSA) is 49.3 Å². The molecule has 1 unspecified atom stereocenters. The summed E-state index contributed by atoms with van der Waals surface area (Å²) in [5.41, 5.74) is 0.395. The summed E-state index contributed by atoms with van der Waals surface area (Å²) in [6, 6.07) is 12.4. The molecule has 1 atom stereocenters. The summed E-state index contributed by atoms with van der Waals surface area (Å²) in [6.45, 7) is 0. The molecule has 3 nitrogen and oxygen atoms in total. The monoisotopic (exact) mass is 433 g/mol. The van der Waals surface area contributed by atoms with Gasteiger partial charge in [-0.25, -0.2) is 4.79 Å². The van der Waals surface area contributed by atoms with Crippen molar-refractivity contribution in [2.75, 3.05) is 5.32 Å². The second-order valence-corrected chi connectivity index (χ2v) is 8.92. The Morgan fingerprint density at radius 2 is 1.73 bits per heavy atom. The van der Waals surface area contributed by atoms with Crippen molar-refractivity contribution in [2.24, 2.45) is 5.92 Å². The van der Waals surface area contributed by atoms with Crippen LogP contribution < -0.4 is 5.32 Å². The van der Waals surface area contributed by atoms with Crippen molar-refractivity contribution < 1.29 is 23.1 Å². The van der Waals surface area contributed by atoms with Gasteiger partial charge in [0.15, 0.2) is 0 Å². The summed E-state index contributed by atoms with van der Waals surface area (Å²) >= 11 is 1.52. The van der Waals surface area contributed by atoms with Crippen molar-refractivity contribution in [1.29, 1.82) is 0 Å². The van der Waals surface area contributed by atoms with Gasteiger partial charge >= 0.3 is 12.1 Å². The lowest BCUT2D eigenvalue weighted by molar-refractivity contribution is -0.137. The van der Waals surface area contributed by atoms with Crippen LogP contribution in [-0.4, -0.2) is 11.1 Å². The smallest absolute Gasteiger partial charge is 0.416 e. The number of hydrogen-bond acceptors (Lipinski definition) is 3. The van der Waals surface area contributed by atoms with Crippen molar-refractivity contribution in [3.63, 3.8) is 0 Å². The Morgan fingerprint density at radius 3 is 2.37 bits per heavy atom. The molecule has 0 radical (unpaired) electrons. The molecule has 0 spiro atoms. The Labute approximate surface area is 176 Å². The third-order valence-electron chi connectivity index (χ3n) is 5.74. The highest BCUT2D eigenvalue weighted by atomic mass is 32.1. The lowest BCUT2D eigenvalue weighted by Crippen LogP contribution is -2.22. The van der Waals surface area contributed by atoms with E-state index in [0.29, 0.717) is 11.3 Å². The Balaban J connectivity index is 1.67. The minimum atomic E-state index is -4.36. The number of hydrogen-bond donors (Lipinski definition) is 2. The lowest BCUT2D eigenvalue weighted by atomic mass is 9.83. The first-order chi connectivity index (χ1) is 14.3. The molecule has 4 rings (SSSR count). The van der Waals surface area contributed by atoms with E-state index in [1.54, 1.807) is 30.3 Å². The Hall–Kier alpha value is -2.54. The SMILES string of the molecule is O=C(O)c1ccc(NC(c2cc3cc(C(F)(F)F)ccc3s2)C2CCCCC2)cc1. The van der Waals surface area contributed by atoms with E-state index < -0.39 is 17.7 Å². The van der Waals surface area contributed by atoms with Gasteiger partial charge in [0.05, 0.1) is 17.2 Å². The summed E-state index contributed by atoms with van der Waals surface area (Å²) < 4.78 is 40.1. The molecule has 0 amide bonds. The maximum Gasteiger partial charge on any atom is 0.416 e. The number of anilines is 1. The van der Waals surface area contributed by atoms with Gasteiger partial charge in [0, 0.05) is 15.3 Å². The van der Waals surface area contributed by atoms with E-state index in [2.05, 4.69) is 5.32 Å². The third-order valence-corrected chi connectivity index (χ3v) is 6.94. The van der Waals surface area contributed by atoms with Crippen LogP contribution in [-0.2, 0) is 6.18 Å². The quantitative estimate of drug-likeness (QED) is 0.442. The van der Waals surface area contributed by atoms with Crippen LogP contribution in [0, 0.1) is 5.92 Å². The van der Waals surface area contributed by atoms with Gasteiger partial charge in [-0.2, -0.15) is 13.2 Å². The third kappa shape index (κ3) is 4.46. The molecule has 0 aliphatic heterocycles. The molecular formula is C23H22F3NO2S. The number of aromatic carboxylic acids is 1. The van der Waals surface area contributed by atoms with Crippen molar-refractivity contribution in [3.05, 3.63) is 64.5 Å². The van der Waals surface area contributed by atoms with Crippen LogP contribution in [0.5, 0.6) is 0 Å². The predicted molar refractivity (Wildman–Crippen MR) is 113 cm³/mol. The highest BCUT2D eigenvalue weighted by Gasteiger charge is 2.31. The zero-order chi connectivity index (χ0) is 21.3.